The van der Waals surface area contributed by atoms with Gasteiger partial charge in [-0.15, -0.1) is 34.0 Å². The second kappa shape index (κ2) is 7.61. The lowest BCUT2D eigenvalue weighted by Crippen LogP contribution is -2.26. The number of fused-ring (bicyclic) bond motifs is 4. The molecule has 0 saturated carbocycles. The Balaban J connectivity index is 1.71. The molecular formula is C25H31B2NO2S4. The molecule has 5 rings (SSSR count). The van der Waals surface area contributed by atoms with Gasteiger partial charge in [0.1, 0.15) is 0 Å². The third-order valence-electron chi connectivity index (χ3n) is 7.92. The summed E-state index contributed by atoms with van der Waals surface area (Å²) in [6, 6.07) is 4.80. The van der Waals surface area contributed by atoms with Gasteiger partial charge >= 0.3 is 0 Å². The number of hydrogen-bond acceptors (Lipinski definition) is 5. The Morgan fingerprint density at radius 3 is 2.00 bits per heavy atom. The maximum atomic E-state index is 13.2. The monoisotopic (exact) mass is 527 g/mol. The molecule has 34 heavy (non-hydrogen) atoms. The number of nitrogens with zero attached hydrogens (tertiary/aromatic N) is 1. The van der Waals surface area contributed by atoms with Gasteiger partial charge in [0, 0.05) is 21.7 Å². The van der Waals surface area contributed by atoms with Crippen molar-refractivity contribution in [2.24, 2.45) is 0 Å². The van der Waals surface area contributed by atoms with Crippen molar-refractivity contribution in [2.75, 3.05) is 7.05 Å². The Morgan fingerprint density at radius 1 is 0.824 bits per heavy atom. The van der Waals surface area contributed by atoms with E-state index in [0.29, 0.717) is 11.1 Å². The van der Waals surface area contributed by atoms with Crippen molar-refractivity contribution in [3.63, 3.8) is 0 Å². The highest BCUT2D eigenvalue weighted by Crippen LogP contribution is 2.71. The Bertz CT molecular complexity index is 1380. The highest BCUT2D eigenvalue weighted by Gasteiger charge is 2.44. The molecule has 0 fully saturated rings. The van der Waals surface area contributed by atoms with Crippen molar-refractivity contribution in [1.29, 1.82) is 0 Å². The van der Waals surface area contributed by atoms with E-state index in [4.69, 9.17) is 0 Å². The molecule has 178 valence electrons. The minimum atomic E-state index is -1.11. The molecule has 0 spiro atoms. The van der Waals surface area contributed by atoms with Gasteiger partial charge in [0.25, 0.3) is 11.8 Å². The molecule has 2 aliphatic heterocycles. The van der Waals surface area contributed by atoms with Crippen LogP contribution < -0.4 is 0 Å². The minimum Gasteiger partial charge on any atom is -0.277 e. The first-order chi connectivity index (χ1) is 15.8. The number of imide groups is 1. The van der Waals surface area contributed by atoms with E-state index in [2.05, 4.69) is 67.9 Å². The normalized spacial score (nSPS) is 17.8. The highest BCUT2D eigenvalue weighted by atomic mass is 32.3. The van der Waals surface area contributed by atoms with E-state index in [0.717, 1.165) is 27.5 Å². The SMILES string of the molecule is BS1(B)c2cc(-c3sc(C(C)(C)CC)c4c3C(=O)N(C)C4=O)sc2-c2sc(C(C)(C)CC)cc21. The molecule has 2 amide bonds. The molecule has 0 radical (unpaired) electrons. The summed E-state index contributed by atoms with van der Waals surface area (Å²) in [6.45, 7) is 13.4. The van der Waals surface area contributed by atoms with Crippen LogP contribution in [0.5, 0.6) is 0 Å². The summed E-state index contributed by atoms with van der Waals surface area (Å²) >= 11 is 5.43. The molecule has 0 aliphatic carbocycles. The van der Waals surface area contributed by atoms with Crippen molar-refractivity contribution >= 4 is 69.8 Å². The molecule has 0 saturated heterocycles. The lowest BCUT2D eigenvalue weighted by atomic mass is 9.85. The van der Waals surface area contributed by atoms with Gasteiger partial charge in [-0.25, -0.2) is 0 Å². The summed E-state index contributed by atoms with van der Waals surface area (Å²) in [5, 5.41) is 0. The van der Waals surface area contributed by atoms with Crippen molar-refractivity contribution < 1.29 is 9.59 Å². The van der Waals surface area contributed by atoms with Gasteiger partial charge in [0.2, 0.25) is 0 Å². The number of thiophene rings is 3. The van der Waals surface area contributed by atoms with Crippen LogP contribution in [0.15, 0.2) is 21.9 Å². The van der Waals surface area contributed by atoms with Crippen molar-refractivity contribution in [3.05, 3.63) is 33.0 Å². The predicted octanol–water partition coefficient (Wildman–Crippen LogP) is 6.44. The van der Waals surface area contributed by atoms with E-state index in [1.165, 1.54) is 29.3 Å². The van der Waals surface area contributed by atoms with E-state index in [-0.39, 0.29) is 22.6 Å². The number of carbonyl (C=O) groups is 2. The van der Waals surface area contributed by atoms with Crippen LogP contribution in [0.1, 0.15) is 84.9 Å². The van der Waals surface area contributed by atoms with Crippen LogP contribution in [0.3, 0.4) is 0 Å². The summed E-state index contributed by atoms with van der Waals surface area (Å²) < 4.78 is 0. The van der Waals surface area contributed by atoms with E-state index in [1.54, 1.807) is 18.4 Å². The number of amides is 2. The molecule has 0 unspecified atom stereocenters. The molecule has 0 bridgehead atoms. The molecule has 2 aliphatic rings. The largest absolute Gasteiger partial charge is 0.277 e. The fraction of sp³-hybridized carbons (Fsp3) is 0.440. The van der Waals surface area contributed by atoms with Crippen LogP contribution in [0.4, 0.5) is 0 Å². The molecule has 3 nitrogen and oxygen atoms in total. The number of hydrogen-bond donors (Lipinski definition) is 0. The molecule has 5 heterocycles. The Kier molecular flexibility index (Phi) is 5.46. The van der Waals surface area contributed by atoms with Gasteiger partial charge < -0.3 is 0 Å². The van der Waals surface area contributed by atoms with Gasteiger partial charge in [-0.3, -0.25) is 24.2 Å². The molecule has 9 heteroatoms. The third kappa shape index (κ3) is 3.16. The number of rotatable bonds is 5. The summed E-state index contributed by atoms with van der Waals surface area (Å²) in [5.41, 5.74) is 1.29. The molecule has 0 N–H and O–H groups in total. The van der Waals surface area contributed by atoms with Crippen LogP contribution in [0.2, 0.25) is 0 Å². The highest BCUT2D eigenvalue weighted by molar-refractivity contribution is 8.64. The molecule has 3 aromatic heterocycles. The standard InChI is InChI=1S/C25H31B2NO2S4/c1-8-24(3,4)15-11-14-20(32-15)19-13(34(14,26)27)10-12(31-19)18-16-17(23(30)28(7)22(16)29)21(33-18)25(5,6)9-2/h10-11H,8-9,26-27H2,1-7H3. The zero-order chi connectivity index (χ0) is 25.0. The van der Waals surface area contributed by atoms with Crippen LogP contribution in [0, 0.1) is 0 Å². The fourth-order valence-corrected chi connectivity index (χ4v) is 12.6. The van der Waals surface area contributed by atoms with E-state index >= 15 is 0 Å². The van der Waals surface area contributed by atoms with Gasteiger partial charge in [-0.2, -0.15) is 0 Å². The van der Waals surface area contributed by atoms with Crippen molar-refractivity contribution in [3.8, 4) is 19.5 Å². The maximum Gasteiger partial charge on any atom is 0.262 e. The Hall–Kier alpha value is -1.28. The molecule has 0 aromatic carbocycles. The van der Waals surface area contributed by atoms with E-state index in [9.17, 15) is 9.59 Å². The molecular weight excluding hydrogens is 496 g/mol. The quantitative estimate of drug-likeness (QED) is 0.283. The fourth-order valence-electron chi connectivity index (χ4n) is 4.64. The van der Waals surface area contributed by atoms with Gasteiger partial charge in [-0.1, -0.05) is 41.5 Å². The first kappa shape index (κ1) is 24.4. The molecule has 3 aromatic rings. The van der Waals surface area contributed by atoms with Crippen molar-refractivity contribution in [2.45, 2.75) is 75.0 Å². The Labute approximate surface area is 217 Å². The second-order valence-corrected chi connectivity index (χ2v) is 17.7. The van der Waals surface area contributed by atoms with Gasteiger partial charge in [0.15, 0.2) is 14.2 Å². The van der Waals surface area contributed by atoms with Gasteiger partial charge in [0.05, 0.1) is 25.8 Å². The third-order valence-corrected chi connectivity index (χ3v) is 15.6. The van der Waals surface area contributed by atoms with E-state index in [1.807, 2.05) is 22.7 Å². The zero-order valence-corrected chi connectivity index (χ0v) is 24.7. The zero-order valence-electron chi connectivity index (χ0n) is 21.5. The van der Waals surface area contributed by atoms with Crippen LogP contribution in [-0.4, -0.2) is 38.0 Å². The van der Waals surface area contributed by atoms with Crippen molar-refractivity contribution in [1.82, 2.24) is 4.90 Å². The lowest BCUT2D eigenvalue weighted by Gasteiger charge is -2.27. The lowest BCUT2D eigenvalue weighted by molar-refractivity contribution is 0.0692. The van der Waals surface area contributed by atoms with Crippen LogP contribution in [0.25, 0.3) is 19.5 Å². The number of carbonyl (C=O) groups excluding carboxylic acids is 2. The maximum absolute atomic E-state index is 13.2. The van der Waals surface area contributed by atoms with Gasteiger partial charge in [-0.05, 0) is 45.6 Å². The molecule has 0 atom stereocenters. The first-order valence-corrected chi connectivity index (χ1v) is 16.7. The van der Waals surface area contributed by atoms with Crippen LogP contribution >= 0.6 is 43.7 Å². The topological polar surface area (TPSA) is 37.4 Å². The summed E-state index contributed by atoms with van der Waals surface area (Å²) in [6.07, 6.45) is 2.03. The Morgan fingerprint density at radius 2 is 1.38 bits per heavy atom. The van der Waals surface area contributed by atoms with Crippen LogP contribution in [-0.2, 0) is 10.8 Å². The smallest absolute Gasteiger partial charge is 0.262 e. The summed E-state index contributed by atoms with van der Waals surface area (Å²) in [4.78, 5) is 37.9. The minimum absolute atomic E-state index is 0.152. The summed E-state index contributed by atoms with van der Waals surface area (Å²) in [5.74, 6) is -0.311. The summed E-state index contributed by atoms with van der Waals surface area (Å²) in [7, 11) is 5.30. The average molecular weight is 527 g/mol. The predicted molar refractivity (Wildman–Crippen MR) is 155 cm³/mol. The average Bonchev–Trinajstić information content (AvgIpc) is 3.56. The van der Waals surface area contributed by atoms with E-state index < -0.39 is 9.73 Å². The second-order valence-electron chi connectivity index (χ2n) is 11.1. The first-order valence-electron chi connectivity index (χ1n) is 11.8.